The quantitative estimate of drug-likeness (QED) is 0.0839. The van der Waals surface area contributed by atoms with Crippen LogP contribution >= 0.6 is 0 Å². The average molecular weight is 804 g/mol. The first-order chi connectivity index (χ1) is 22.6. The standard InChI is InChI=1S/C37H62N3O6S.HI/c1-8-13-21-37(22-14-9-2)30-47(41,42)35-20-17-32(39(6)7)29-34(35)36(38-37)31-15-18-33(19-16-31)45-27-25-43-23-24-44-26-28-46-40(10-3,11-4)12-5;/h15-20,29,36,38H,8-14,21-28,30H2,1-7H3;1H/q+1;/p-1. The third-order valence-electron chi connectivity index (χ3n) is 9.49. The number of nitrogens with zero attached hydrogens (tertiary/aromatic N) is 2. The number of hydrogen-bond acceptors (Lipinski definition) is 8. The maximum atomic E-state index is 14.0. The first-order valence-corrected chi connectivity index (χ1v) is 19.4. The Morgan fingerprint density at radius 3 is 1.92 bits per heavy atom. The number of unbranched alkanes of at least 4 members (excludes halogenated alkanes) is 2. The zero-order valence-corrected chi connectivity index (χ0v) is 33.5. The molecule has 1 heterocycles. The topological polar surface area (TPSA) is 86.3 Å². The minimum atomic E-state index is -3.51. The number of rotatable bonds is 22. The molecule has 1 atom stereocenters. The SMILES string of the molecule is CCCCC1(CCCC)CS(=O)(=O)c2ccc(N(C)C)cc2C(c2ccc(OCCOCCOCCO[N+](CC)(CC)CC)cc2)N1.[I-]. The fourth-order valence-corrected chi connectivity index (χ4v) is 8.49. The Bertz CT molecular complexity index is 1290. The third-order valence-corrected chi connectivity index (χ3v) is 11.5. The molecule has 11 heteroatoms. The van der Waals surface area contributed by atoms with Crippen LogP contribution in [0.3, 0.4) is 0 Å². The van der Waals surface area contributed by atoms with Gasteiger partial charge in [0, 0.05) is 25.3 Å². The van der Waals surface area contributed by atoms with Crippen molar-refractivity contribution in [1.82, 2.24) is 5.32 Å². The summed E-state index contributed by atoms with van der Waals surface area (Å²) < 4.78 is 46.0. The van der Waals surface area contributed by atoms with Crippen LogP contribution in [-0.2, 0) is 24.1 Å². The molecule has 0 aromatic heterocycles. The van der Waals surface area contributed by atoms with Crippen molar-refractivity contribution in [2.75, 3.05) is 84.0 Å². The molecule has 0 fully saturated rings. The minimum absolute atomic E-state index is 0. The van der Waals surface area contributed by atoms with E-state index in [0.717, 1.165) is 80.7 Å². The van der Waals surface area contributed by atoms with Gasteiger partial charge in [-0.2, -0.15) is 4.65 Å². The Balaban J connectivity index is 0.00000800. The Morgan fingerprint density at radius 1 is 0.812 bits per heavy atom. The van der Waals surface area contributed by atoms with Gasteiger partial charge in [-0.1, -0.05) is 51.7 Å². The fraction of sp³-hybridized carbons (Fsp3) is 0.676. The molecule has 1 N–H and O–H groups in total. The first kappa shape index (κ1) is 42.7. The highest BCUT2D eigenvalue weighted by Gasteiger charge is 2.42. The molecule has 0 amide bonds. The van der Waals surface area contributed by atoms with E-state index in [0.29, 0.717) is 49.2 Å². The summed E-state index contributed by atoms with van der Waals surface area (Å²) in [7, 11) is 0.456. The molecule has 0 saturated heterocycles. The number of hydrogen-bond donors (Lipinski definition) is 1. The summed E-state index contributed by atoms with van der Waals surface area (Å²) in [6, 6.07) is 13.5. The lowest BCUT2D eigenvalue weighted by atomic mass is 9.86. The van der Waals surface area contributed by atoms with Crippen LogP contribution in [-0.4, -0.2) is 97.7 Å². The predicted octanol–water partition coefficient (Wildman–Crippen LogP) is 3.56. The van der Waals surface area contributed by atoms with E-state index in [1.165, 1.54) is 0 Å². The lowest BCUT2D eigenvalue weighted by Crippen LogP contribution is -3.00. The second-order valence-corrected chi connectivity index (χ2v) is 14.9. The van der Waals surface area contributed by atoms with Crippen LogP contribution in [0.25, 0.3) is 0 Å². The van der Waals surface area contributed by atoms with Crippen molar-refractivity contribution in [2.24, 2.45) is 0 Å². The number of quaternary nitrogens is 1. The van der Waals surface area contributed by atoms with Crippen molar-refractivity contribution in [3.63, 3.8) is 0 Å². The van der Waals surface area contributed by atoms with Gasteiger partial charge in [-0.25, -0.2) is 13.3 Å². The van der Waals surface area contributed by atoms with E-state index in [4.69, 9.17) is 19.0 Å². The predicted molar refractivity (Wildman–Crippen MR) is 191 cm³/mol. The van der Waals surface area contributed by atoms with E-state index in [1.54, 1.807) is 6.07 Å². The maximum absolute atomic E-state index is 14.0. The number of anilines is 1. The molecule has 0 aliphatic carbocycles. The van der Waals surface area contributed by atoms with Crippen LogP contribution in [0.2, 0.25) is 0 Å². The van der Waals surface area contributed by atoms with E-state index in [2.05, 4.69) is 52.1 Å². The molecular formula is C37H62IN3O6S. The van der Waals surface area contributed by atoms with Crippen molar-refractivity contribution in [1.29, 1.82) is 0 Å². The van der Waals surface area contributed by atoms with E-state index in [1.807, 2.05) is 43.3 Å². The second kappa shape index (κ2) is 21.0. The van der Waals surface area contributed by atoms with Crippen LogP contribution in [0.1, 0.15) is 90.3 Å². The molecule has 0 spiro atoms. The van der Waals surface area contributed by atoms with Gasteiger partial charge >= 0.3 is 0 Å². The third kappa shape index (κ3) is 12.1. The van der Waals surface area contributed by atoms with Crippen molar-refractivity contribution in [3.8, 4) is 5.75 Å². The van der Waals surface area contributed by atoms with Crippen LogP contribution in [0.15, 0.2) is 47.4 Å². The van der Waals surface area contributed by atoms with E-state index in [9.17, 15) is 8.42 Å². The normalized spacial score (nSPS) is 16.9. The van der Waals surface area contributed by atoms with Crippen LogP contribution in [0.5, 0.6) is 5.75 Å². The molecule has 274 valence electrons. The smallest absolute Gasteiger partial charge is 0.180 e. The van der Waals surface area contributed by atoms with Gasteiger partial charge in [0.1, 0.15) is 38.6 Å². The van der Waals surface area contributed by atoms with E-state index >= 15 is 0 Å². The van der Waals surface area contributed by atoms with Crippen molar-refractivity contribution in [2.45, 2.75) is 89.6 Å². The van der Waals surface area contributed by atoms with Gasteiger partial charge in [0.2, 0.25) is 0 Å². The fourth-order valence-electron chi connectivity index (χ4n) is 6.43. The molecule has 0 radical (unpaired) electrons. The summed E-state index contributed by atoms with van der Waals surface area (Å²) in [5.74, 6) is 0.864. The van der Waals surface area contributed by atoms with Gasteiger partial charge in [0.25, 0.3) is 0 Å². The molecule has 9 nitrogen and oxygen atoms in total. The minimum Gasteiger partial charge on any atom is -1.00 e. The summed E-state index contributed by atoms with van der Waals surface area (Å²) in [6.45, 7) is 16.6. The highest BCUT2D eigenvalue weighted by Crippen LogP contribution is 2.40. The van der Waals surface area contributed by atoms with Crippen LogP contribution < -0.4 is 38.9 Å². The molecule has 48 heavy (non-hydrogen) atoms. The number of nitrogens with one attached hydrogen (secondary N) is 1. The molecule has 1 aliphatic heterocycles. The van der Waals surface area contributed by atoms with Gasteiger partial charge < -0.3 is 43.1 Å². The highest BCUT2D eigenvalue weighted by molar-refractivity contribution is 7.91. The van der Waals surface area contributed by atoms with Gasteiger partial charge in [0.05, 0.1) is 43.1 Å². The molecule has 3 rings (SSSR count). The Hall–Kier alpha value is -1.48. The number of halogens is 1. The summed E-state index contributed by atoms with van der Waals surface area (Å²) in [5.41, 5.74) is 2.31. The first-order valence-electron chi connectivity index (χ1n) is 17.8. The number of fused-ring (bicyclic) bond motifs is 1. The van der Waals surface area contributed by atoms with Gasteiger partial charge in [-0.3, -0.25) is 5.32 Å². The Kier molecular flexibility index (Phi) is 18.7. The zero-order valence-electron chi connectivity index (χ0n) is 30.6. The lowest BCUT2D eigenvalue weighted by molar-refractivity contribution is -1.10. The molecule has 0 bridgehead atoms. The summed E-state index contributed by atoms with van der Waals surface area (Å²) in [5, 5.41) is 3.93. The number of sulfone groups is 1. The van der Waals surface area contributed by atoms with E-state index < -0.39 is 15.4 Å². The molecule has 1 unspecified atom stereocenters. The maximum Gasteiger partial charge on any atom is 0.180 e. The largest absolute Gasteiger partial charge is 1.00 e. The zero-order chi connectivity index (χ0) is 34.3. The van der Waals surface area contributed by atoms with Gasteiger partial charge in [-0.15, -0.1) is 0 Å². The molecule has 2 aromatic carbocycles. The monoisotopic (exact) mass is 803 g/mol. The summed E-state index contributed by atoms with van der Waals surface area (Å²) in [4.78, 5) is 8.48. The summed E-state index contributed by atoms with van der Waals surface area (Å²) >= 11 is 0. The van der Waals surface area contributed by atoms with Gasteiger partial charge in [-0.05, 0) is 75.1 Å². The summed E-state index contributed by atoms with van der Waals surface area (Å²) in [6.07, 6.45) is 5.64. The van der Waals surface area contributed by atoms with Crippen LogP contribution in [0.4, 0.5) is 5.69 Å². The van der Waals surface area contributed by atoms with Crippen LogP contribution in [0, 0.1) is 0 Å². The number of benzene rings is 2. The number of hydroxylamine groups is 3. The highest BCUT2D eigenvalue weighted by atomic mass is 127. The molecule has 0 saturated carbocycles. The number of ether oxygens (including phenoxy) is 3. The molecular weight excluding hydrogens is 741 g/mol. The van der Waals surface area contributed by atoms with E-state index in [-0.39, 0.29) is 35.8 Å². The van der Waals surface area contributed by atoms with Gasteiger partial charge in [0.15, 0.2) is 9.84 Å². The van der Waals surface area contributed by atoms with Crippen molar-refractivity contribution < 1.29 is 56.1 Å². The van der Waals surface area contributed by atoms with Crippen molar-refractivity contribution >= 4 is 15.5 Å². The second-order valence-electron chi connectivity index (χ2n) is 12.9. The van der Waals surface area contributed by atoms with Crippen molar-refractivity contribution in [3.05, 3.63) is 53.6 Å². The Morgan fingerprint density at radius 2 is 1.38 bits per heavy atom. The lowest BCUT2D eigenvalue weighted by Gasteiger charge is -2.37. The molecule has 1 aliphatic rings. The molecule has 2 aromatic rings. The average Bonchev–Trinajstić information content (AvgIpc) is 3.17. The Labute approximate surface area is 308 Å².